The number of ether oxygens (including phenoxy) is 1. The maximum absolute atomic E-state index is 12.2. The van der Waals surface area contributed by atoms with Gasteiger partial charge >= 0.3 is 6.03 Å². The lowest BCUT2D eigenvalue weighted by Crippen LogP contribution is -2.47. The lowest BCUT2D eigenvalue weighted by molar-refractivity contribution is 0.153. The Bertz CT molecular complexity index is 545. The molecule has 0 heterocycles. The van der Waals surface area contributed by atoms with E-state index in [1.165, 1.54) is 12.8 Å². The number of rotatable bonds is 7. The average Bonchev–Trinajstić information content (AvgIpc) is 3.44. The SMILES string of the molecule is O=C(NCc1ccccc1OCC1CC1)NC1CCCCC1CO. The molecule has 1 aromatic rings. The molecule has 24 heavy (non-hydrogen) atoms. The maximum Gasteiger partial charge on any atom is 0.315 e. The Hall–Kier alpha value is -1.75. The topological polar surface area (TPSA) is 70.6 Å². The maximum atomic E-state index is 12.2. The van der Waals surface area contributed by atoms with Crippen LogP contribution in [0.15, 0.2) is 24.3 Å². The van der Waals surface area contributed by atoms with Gasteiger partial charge in [-0.2, -0.15) is 0 Å². The predicted molar refractivity (Wildman–Crippen MR) is 92.9 cm³/mol. The number of para-hydroxylation sites is 1. The molecular weight excluding hydrogens is 304 g/mol. The van der Waals surface area contributed by atoms with Crippen molar-refractivity contribution in [1.29, 1.82) is 0 Å². The van der Waals surface area contributed by atoms with E-state index in [0.29, 0.717) is 12.5 Å². The molecule has 2 saturated carbocycles. The molecule has 5 heteroatoms. The third-order valence-electron chi connectivity index (χ3n) is 5.04. The summed E-state index contributed by atoms with van der Waals surface area (Å²) in [6, 6.07) is 7.77. The molecule has 5 nitrogen and oxygen atoms in total. The molecule has 3 rings (SSSR count). The van der Waals surface area contributed by atoms with Crippen molar-refractivity contribution in [2.45, 2.75) is 51.1 Å². The van der Waals surface area contributed by atoms with Crippen molar-refractivity contribution in [3.05, 3.63) is 29.8 Å². The molecule has 0 saturated heterocycles. The normalized spacial score (nSPS) is 23.5. The molecule has 132 valence electrons. The van der Waals surface area contributed by atoms with Crippen LogP contribution in [0.4, 0.5) is 4.79 Å². The molecule has 0 aromatic heterocycles. The molecule has 2 atom stereocenters. The number of nitrogens with one attached hydrogen (secondary N) is 2. The van der Waals surface area contributed by atoms with Crippen LogP contribution in [-0.2, 0) is 6.54 Å². The molecule has 0 aliphatic heterocycles. The summed E-state index contributed by atoms with van der Waals surface area (Å²) in [4.78, 5) is 12.2. The summed E-state index contributed by atoms with van der Waals surface area (Å²) in [6.45, 7) is 1.36. The van der Waals surface area contributed by atoms with E-state index < -0.39 is 0 Å². The van der Waals surface area contributed by atoms with E-state index in [1.807, 2.05) is 24.3 Å². The molecular formula is C19H28N2O3. The summed E-state index contributed by atoms with van der Waals surface area (Å²) < 4.78 is 5.87. The highest BCUT2D eigenvalue weighted by Gasteiger charge is 2.26. The van der Waals surface area contributed by atoms with Crippen LogP contribution < -0.4 is 15.4 Å². The minimum atomic E-state index is -0.169. The zero-order valence-electron chi connectivity index (χ0n) is 14.2. The molecule has 0 bridgehead atoms. The first-order valence-corrected chi connectivity index (χ1v) is 9.12. The number of carbonyl (C=O) groups is 1. The molecule has 0 radical (unpaired) electrons. The van der Waals surface area contributed by atoms with Crippen molar-refractivity contribution in [2.24, 2.45) is 11.8 Å². The first-order valence-electron chi connectivity index (χ1n) is 9.12. The third-order valence-corrected chi connectivity index (χ3v) is 5.04. The second-order valence-electron chi connectivity index (χ2n) is 7.02. The van der Waals surface area contributed by atoms with E-state index >= 15 is 0 Å². The Morgan fingerprint density at radius 1 is 1.17 bits per heavy atom. The van der Waals surface area contributed by atoms with Crippen LogP contribution in [0.2, 0.25) is 0 Å². The third kappa shape index (κ3) is 4.87. The quantitative estimate of drug-likeness (QED) is 0.719. The Morgan fingerprint density at radius 2 is 1.96 bits per heavy atom. The summed E-state index contributed by atoms with van der Waals surface area (Å²) >= 11 is 0. The highest BCUT2D eigenvalue weighted by Crippen LogP contribution is 2.30. The number of aliphatic hydroxyl groups is 1. The summed E-state index contributed by atoms with van der Waals surface area (Å²) in [5.74, 6) is 1.74. The van der Waals surface area contributed by atoms with Crippen molar-refractivity contribution < 1.29 is 14.6 Å². The van der Waals surface area contributed by atoms with Gasteiger partial charge in [-0.05, 0) is 37.7 Å². The van der Waals surface area contributed by atoms with Gasteiger partial charge in [0.1, 0.15) is 5.75 Å². The molecule has 2 aliphatic carbocycles. The second kappa shape index (κ2) is 8.38. The first kappa shape index (κ1) is 17.1. The lowest BCUT2D eigenvalue weighted by Gasteiger charge is -2.30. The predicted octanol–water partition coefficient (Wildman–Crippen LogP) is 2.83. The first-order chi connectivity index (χ1) is 11.8. The number of carbonyl (C=O) groups excluding carboxylic acids is 1. The molecule has 2 amide bonds. The minimum absolute atomic E-state index is 0.0742. The van der Waals surface area contributed by atoms with E-state index in [4.69, 9.17) is 4.74 Å². The van der Waals surface area contributed by atoms with Crippen molar-refractivity contribution in [1.82, 2.24) is 10.6 Å². The summed E-state index contributed by atoms with van der Waals surface area (Å²) in [6.07, 6.45) is 6.70. The summed E-state index contributed by atoms with van der Waals surface area (Å²) in [7, 11) is 0. The van der Waals surface area contributed by atoms with Gasteiger partial charge in [0.05, 0.1) is 6.61 Å². The van der Waals surface area contributed by atoms with Crippen LogP contribution in [0.25, 0.3) is 0 Å². The second-order valence-corrected chi connectivity index (χ2v) is 7.02. The van der Waals surface area contributed by atoms with Gasteiger partial charge in [-0.1, -0.05) is 31.0 Å². The molecule has 1 aromatic carbocycles. The Labute approximate surface area is 143 Å². The summed E-state index contributed by atoms with van der Waals surface area (Å²) in [5, 5.41) is 15.4. The fraction of sp³-hybridized carbons (Fsp3) is 0.632. The van der Waals surface area contributed by atoms with Gasteiger partial charge in [-0.25, -0.2) is 4.79 Å². The molecule has 0 spiro atoms. The number of hydrogen-bond acceptors (Lipinski definition) is 3. The van der Waals surface area contributed by atoms with E-state index in [1.54, 1.807) is 0 Å². The van der Waals surface area contributed by atoms with E-state index in [2.05, 4.69) is 10.6 Å². The Morgan fingerprint density at radius 3 is 2.75 bits per heavy atom. The van der Waals surface area contributed by atoms with Crippen LogP contribution in [0, 0.1) is 11.8 Å². The van der Waals surface area contributed by atoms with Gasteiger partial charge in [0.15, 0.2) is 0 Å². The fourth-order valence-corrected chi connectivity index (χ4v) is 3.29. The monoisotopic (exact) mass is 332 g/mol. The molecule has 2 aliphatic rings. The van der Waals surface area contributed by atoms with Gasteiger partial charge in [-0.3, -0.25) is 0 Å². The van der Waals surface area contributed by atoms with Crippen LogP contribution in [0.3, 0.4) is 0 Å². The van der Waals surface area contributed by atoms with Crippen molar-refractivity contribution in [3.63, 3.8) is 0 Å². The largest absolute Gasteiger partial charge is 0.493 e. The van der Waals surface area contributed by atoms with Crippen molar-refractivity contribution in [3.8, 4) is 5.75 Å². The van der Waals surface area contributed by atoms with Gasteiger partial charge < -0.3 is 20.5 Å². The van der Waals surface area contributed by atoms with E-state index in [0.717, 1.165) is 43.6 Å². The number of benzene rings is 1. The Kier molecular flexibility index (Phi) is 5.96. The van der Waals surface area contributed by atoms with Crippen LogP contribution in [0.1, 0.15) is 44.1 Å². The summed E-state index contributed by atoms with van der Waals surface area (Å²) in [5.41, 5.74) is 0.996. The van der Waals surface area contributed by atoms with Gasteiger partial charge in [0.25, 0.3) is 0 Å². The fourth-order valence-electron chi connectivity index (χ4n) is 3.29. The molecule has 2 unspecified atom stereocenters. The number of urea groups is 1. The zero-order valence-corrected chi connectivity index (χ0v) is 14.2. The minimum Gasteiger partial charge on any atom is -0.493 e. The van der Waals surface area contributed by atoms with Gasteiger partial charge in [-0.15, -0.1) is 0 Å². The smallest absolute Gasteiger partial charge is 0.315 e. The van der Waals surface area contributed by atoms with Crippen LogP contribution in [-0.4, -0.2) is 30.4 Å². The van der Waals surface area contributed by atoms with Crippen LogP contribution in [0.5, 0.6) is 5.75 Å². The van der Waals surface area contributed by atoms with Gasteiger partial charge in [0, 0.05) is 30.7 Å². The lowest BCUT2D eigenvalue weighted by atomic mass is 9.85. The number of aliphatic hydroxyl groups excluding tert-OH is 1. The van der Waals surface area contributed by atoms with Crippen molar-refractivity contribution in [2.75, 3.05) is 13.2 Å². The average molecular weight is 332 g/mol. The van der Waals surface area contributed by atoms with Crippen molar-refractivity contribution >= 4 is 6.03 Å². The van der Waals surface area contributed by atoms with E-state index in [9.17, 15) is 9.90 Å². The number of amides is 2. The van der Waals surface area contributed by atoms with Gasteiger partial charge in [0.2, 0.25) is 0 Å². The van der Waals surface area contributed by atoms with E-state index in [-0.39, 0.29) is 24.6 Å². The molecule has 3 N–H and O–H groups in total. The molecule has 2 fully saturated rings. The van der Waals surface area contributed by atoms with Crippen LogP contribution >= 0.6 is 0 Å². The zero-order chi connectivity index (χ0) is 16.8. The highest BCUT2D eigenvalue weighted by atomic mass is 16.5. The highest BCUT2D eigenvalue weighted by molar-refractivity contribution is 5.74. The standard InChI is InChI=1S/C19H28N2O3/c22-12-16-6-1-3-7-17(16)21-19(23)20-11-15-5-2-4-8-18(15)24-13-14-9-10-14/h2,4-5,8,14,16-17,22H,1,3,6-7,9-13H2,(H2,20,21,23). The number of hydrogen-bond donors (Lipinski definition) is 3. The Balaban J connectivity index is 1.48.